The lowest BCUT2D eigenvalue weighted by Crippen LogP contribution is -2.14. The summed E-state index contributed by atoms with van der Waals surface area (Å²) in [6, 6.07) is 15.1. The molecule has 0 amide bonds. The Labute approximate surface area is 93.9 Å². The second-order valence-electron chi connectivity index (χ2n) is 4.03. The molecule has 2 aromatic rings. The van der Waals surface area contributed by atoms with Gasteiger partial charge in [0.15, 0.2) is 0 Å². The minimum atomic E-state index is -0.142. The fraction of sp³-hybridized carbons (Fsp3) is 0.143. The third-order valence-corrected chi connectivity index (χ3v) is 3.08. The van der Waals surface area contributed by atoms with Crippen molar-refractivity contribution in [2.75, 3.05) is 0 Å². The van der Waals surface area contributed by atoms with Gasteiger partial charge in [0.05, 0.1) is 6.04 Å². The molecule has 1 heterocycles. The molecular formula is C14H12FN. The minimum absolute atomic E-state index is 0.00241. The lowest BCUT2D eigenvalue weighted by atomic mass is 9.98. The van der Waals surface area contributed by atoms with E-state index in [1.165, 1.54) is 17.2 Å². The number of nitrogens with one attached hydrogen (secondary N) is 1. The highest BCUT2D eigenvalue weighted by atomic mass is 19.1. The number of fused-ring (bicyclic) bond motifs is 1. The average Bonchev–Trinajstić information content (AvgIpc) is 2.74. The molecule has 80 valence electrons. The first-order chi connectivity index (χ1) is 7.86. The van der Waals surface area contributed by atoms with Gasteiger partial charge in [-0.15, -0.1) is 0 Å². The smallest absolute Gasteiger partial charge is 0.128 e. The molecule has 1 atom stereocenters. The number of rotatable bonds is 1. The normalized spacial score (nSPS) is 18.4. The van der Waals surface area contributed by atoms with Crippen molar-refractivity contribution in [3.05, 3.63) is 71.0 Å². The Morgan fingerprint density at radius 2 is 1.62 bits per heavy atom. The van der Waals surface area contributed by atoms with Gasteiger partial charge in [0, 0.05) is 12.1 Å². The predicted molar refractivity (Wildman–Crippen MR) is 61.5 cm³/mol. The van der Waals surface area contributed by atoms with Crippen LogP contribution < -0.4 is 5.32 Å². The second-order valence-corrected chi connectivity index (χ2v) is 4.03. The highest BCUT2D eigenvalue weighted by Gasteiger charge is 2.24. The number of halogens is 1. The summed E-state index contributed by atoms with van der Waals surface area (Å²) in [5.74, 6) is -0.142. The first-order valence-corrected chi connectivity index (χ1v) is 5.42. The van der Waals surface area contributed by atoms with Crippen LogP contribution in [-0.4, -0.2) is 0 Å². The third-order valence-electron chi connectivity index (χ3n) is 3.08. The van der Waals surface area contributed by atoms with E-state index in [-0.39, 0.29) is 11.9 Å². The quantitative estimate of drug-likeness (QED) is 0.767. The van der Waals surface area contributed by atoms with Gasteiger partial charge in [0.1, 0.15) is 5.82 Å². The van der Waals surface area contributed by atoms with Crippen LogP contribution in [0.5, 0.6) is 0 Å². The number of hydrogen-bond donors (Lipinski definition) is 1. The van der Waals surface area contributed by atoms with Crippen LogP contribution in [-0.2, 0) is 6.54 Å². The molecule has 16 heavy (non-hydrogen) atoms. The van der Waals surface area contributed by atoms with Gasteiger partial charge < -0.3 is 5.32 Å². The summed E-state index contributed by atoms with van der Waals surface area (Å²) in [5.41, 5.74) is 3.18. The van der Waals surface area contributed by atoms with E-state index in [0.717, 1.165) is 12.1 Å². The summed E-state index contributed by atoms with van der Waals surface area (Å²) in [6.45, 7) is 0.815. The van der Waals surface area contributed by atoms with Crippen molar-refractivity contribution >= 4 is 0 Å². The Kier molecular flexibility index (Phi) is 2.22. The second kappa shape index (κ2) is 3.72. The van der Waals surface area contributed by atoms with Gasteiger partial charge in [-0.25, -0.2) is 4.39 Å². The van der Waals surface area contributed by atoms with Crippen LogP contribution in [0, 0.1) is 5.82 Å². The largest absolute Gasteiger partial charge is 0.302 e. The van der Waals surface area contributed by atoms with Crippen LogP contribution in [0.1, 0.15) is 22.7 Å². The summed E-state index contributed by atoms with van der Waals surface area (Å²) in [6.07, 6.45) is 0. The van der Waals surface area contributed by atoms with Crippen molar-refractivity contribution in [2.45, 2.75) is 12.6 Å². The van der Waals surface area contributed by atoms with Crippen LogP contribution in [0.3, 0.4) is 0 Å². The van der Waals surface area contributed by atoms with Crippen molar-refractivity contribution in [2.24, 2.45) is 0 Å². The van der Waals surface area contributed by atoms with Crippen LogP contribution >= 0.6 is 0 Å². The van der Waals surface area contributed by atoms with Gasteiger partial charge in [-0.2, -0.15) is 0 Å². The van der Waals surface area contributed by atoms with Crippen LogP contribution in [0.2, 0.25) is 0 Å². The van der Waals surface area contributed by atoms with E-state index in [4.69, 9.17) is 0 Å². The molecule has 0 aromatic heterocycles. The molecular weight excluding hydrogens is 201 g/mol. The van der Waals surface area contributed by atoms with E-state index in [9.17, 15) is 4.39 Å². The molecule has 1 unspecified atom stereocenters. The van der Waals surface area contributed by atoms with Gasteiger partial charge in [0.25, 0.3) is 0 Å². The molecule has 0 spiro atoms. The fourth-order valence-electron chi connectivity index (χ4n) is 2.29. The molecule has 1 N–H and O–H groups in total. The van der Waals surface area contributed by atoms with E-state index in [2.05, 4.69) is 17.4 Å². The topological polar surface area (TPSA) is 12.0 Å². The molecule has 1 nitrogen and oxygen atoms in total. The van der Waals surface area contributed by atoms with Gasteiger partial charge in [-0.3, -0.25) is 0 Å². The van der Waals surface area contributed by atoms with Crippen molar-refractivity contribution < 1.29 is 4.39 Å². The van der Waals surface area contributed by atoms with Crippen molar-refractivity contribution in [3.8, 4) is 0 Å². The van der Waals surface area contributed by atoms with E-state index in [0.29, 0.717) is 0 Å². The first kappa shape index (κ1) is 9.55. The Balaban J connectivity index is 2.08. The summed E-state index contributed by atoms with van der Waals surface area (Å²) in [7, 11) is 0. The van der Waals surface area contributed by atoms with Crippen molar-refractivity contribution in [1.29, 1.82) is 0 Å². The lowest BCUT2D eigenvalue weighted by molar-refractivity contribution is 0.573. The van der Waals surface area contributed by atoms with Crippen LogP contribution in [0.4, 0.5) is 4.39 Å². The summed E-state index contributed by atoms with van der Waals surface area (Å²) < 4.78 is 13.7. The SMILES string of the molecule is Fc1ccccc1C1NCc2ccccc21. The Bertz CT molecular complexity index is 522. The van der Waals surface area contributed by atoms with Gasteiger partial charge in [-0.05, 0) is 17.2 Å². The zero-order valence-electron chi connectivity index (χ0n) is 8.78. The molecule has 0 radical (unpaired) electrons. The van der Waals surface area contributed by atoms with Crippen LogP contribution in [0.15, 0.2) is 48.5 Å². The maximum Gasteiger partial charge on any atom is 0.128 e. The molecule has 2 heteroatoms. The molecule has 0 fully saturated rings. The van der Waals surface area contributed by atoms with E-state index >= 15 is 0 Å². The van der Waals surface area contributed by atoms with Crippen molar-refractivity contribution in [3.63, 3.8) is 0 Å². The number of benzene rings is 2. The first-order valence-electron chi connectivity index (χ1n) is 5.42. The van der Waals surface area contributed by atoms with Gasteiger partial charge in [-0.1, -0.05) is 42.5 Å². The molecule has 0 aliphatic carbocycles. The van der Waals surface area contributed by atoms with E-state index in [1.54, 1.807) is 6.07 Å². The molecule has 1 aliphatic heterocycles. The van der Waals surface area contributed by atoms with Gasteiger partial charge >= 0.3 is 0 Å². The zero-order valence-corrected chi connectivity index (χ0v) is 8.78. The van der Waals surface area contributed by atoms with Crippen molar-refractivity contribution in [1.82, 2.24) is 5.32 Å². The summed E-state index contributed by atoms with van der Waals surface area (Å²) in [5, 5.41) is 3.34. The minimum Gasteiger partial charge on any atom is -0.302 e. The number of hydrogen-bond acceptors (Lipinski definition) is 1. The maximum absolute atomic E-state index is 13.7. The molecule has 1 aliphatic rings. The molecule has 0 saturated carbocycles. The van der Waals surface area contributed by atoms with E-state index in [1.807, 2.05) is 24.3 Å². The van der Waals surface area contributed by atoms with Crippen LogP contribution in [0.25, 0.3) is 0 Å². The average molecular weight is 213 g/mol. The predicted octanol–water partition coefficient (Wildman–Crippen LogP) is 3.02. The zero-order chi connectivity index (χ0) is 11.0. The molecule has 0 bridgehead atoms. The van der Waals surface area contributed by atoms with Gasteiger partial charge in [0.2, 0.25) is 0 Å². The Morgan fingerprint density at radius 3 is 2.44 bits per heavy atom. The molecule has 3 rings (SSSR count). The molecule has 0 saturated heterocycles. The lowest BCUT2D eigenvalue weighted by Gasteiger charge is -2.13. The standard InChI is InChI=1S/C14H12FN/c15-13-8-4-3-7-12(13)14-11-6-2-1-5-10(11)9-16-14/h1-8,14,16H,9H2. The third kappa shape index (κ3) is 1.42. The monoisotopic (exact) mass is 213 g/mol. The van der Waals surface area contributed by atoms with E-state index < -0.39 is 0 Å². The highest BCUT2D eigenvalue weighted by Crippen LogP contribution is 2.31. The molecule has 2 aromatic carbocycles. The highest BCUT2D eigenvalue weighted by molar-refractivity contribution is 5.41. The summed E-state index contributed by atoms with van der Waals surface area (Å²) >= 11 is 0. The maximum atomic E-state index is 13.7. The Morgan fingerprint density at radius 1 is 0.938 bits per heavy atom. The summed E-state index contributed by atoms with van der Waals surface area (Å²) in [4.78, 5) is 0. The fourth-order valence-corrected chi connectivity index (χ4v) is 2.29. The Hall–Kier alpha value is -1.67.